The van der Waals surface area contributed by atoms with Gasteiger partial charge in [-0.3, -0.25) is 19.4 Å². The molecule has 4 aliphatic heterocycles. The van der Waals surface area contributed by atoms with Crippen LogP contribution in [-0.4, -0.2) is 118 Å². The Balaban J connectivity index is 0.000000266. The Morgan fingerprint density at radius 2 is 1.03 bits per heavy atom. The zero-order chi connectivity index (χ0) is 53.0. The quantitative estimate of drug-likeness (QED) is 0.144. The van der Waals surface area contributed by atoms with E-state index in [1.807, 2.05) is 75.6 Å². The topological polar surface area (TPSA) is 118 Å². The highest BCUT2D eigenvalue weighted by Crippen LogP contribution is 2.42. The molecule has 2 aromatic rings. The lowest BCUT2D eigenvalue weighted by Crippen LogP contribution is -2.53. The number of likely N-dealkylation sites (tertiary alicyclic amines) is 4. The molecule has 0 radical (unpaired) electrons. The van der Waals surface area contributed by atoms with Gasteiger partial charge in [-0.1, -0.05) is 65.2 Å². The van der Waals surface area contributed by atoms with Crippen LogP contribution in [0, 0.1) is 35.0 Å². The molecular weight excluding hydrogens is 1010 g/mol. The summed E-state index contributed by atoms with van der Waals surface area (Å²) in [5.41, 5.74) is 0.678. The average Bonchev–Trinajstić information content (AvgIpc) is 3.86. The van der Waals surface area contributed by atoms with Crippen molar-refractivity contribution < 1.29 is 38.1 Å². The van der Waals surface area contributed by atoms with E-state index in [1.54, 1.807) is 41.5 Å². The third-order valence-corrected chi connectivity index (χ3v) is 15.3. The van der Waals surface area contributed by atoms with E-state index in [2.05, 4.69) is 55.6 Å². The van der Waals surface area contributed by atoms with Crippen LogP contribution in [0.15, 0.2) is 40.9 Å². The SMILES string of the molecule is C#CC(C)(C)C(=O)OCC.CC(C)(C)OC(=O)N1CCC2(CCCN2Cc2cccc(Cl)c2Br)CC1.CCOC(=O)C(C)(C)C#Cc1c(Cl)cccc1CN1CCCC12CCN(C(=O)OC(C)(C)C)CC2. The van der Waals surface area contributed by atoms with Crippen molar-refractivity contribution >= 4 is 63.3 Å². The Bertz CT molecular complexity index is 2270. The van der Waals surface area contributed by atoms with Gasteiger partial charge < -0.3 is 28.7 Å². The maximum Gasteiger partial charge on any atom is 0.410 e. The summed E-state index contributed by atoms with van der Waals surface area (Å²) in [6.07, 6.45) is 13.2. The molecule has 71 heavy (non-hydrogen) atoms. The molecule has 6 rings (SSSR count). The summed E-state index contributed by atoms with van der Waals surface area (Å²) in [6, 6.07) is 11.9. The third kappa shape index (κ3) is 16.8. The van der Waals surface area contributed by atoms with Gasteiger partial charge in [-0.15, -0.1) is 6.42 Å². The fourth-order valence-electron chi connectivity index (χ4n) is 9.35. The van der Waals surface area contributed by atoms with Crippen LogP contribution in [0.1, 0.15) is 151 Å². The molecule has 4 heterocycles. The standard InChI is InChI=1S/C28H39ClN2O4.C20H28BrClN2O2.C8H12O2/c1-7-34-24(32)27(5,6)14-12-22-21(10-8-11-23(22)29)20-31-17-9-13-28(31)15-18-30(19-16-28)25(33)35-26(2,3)4;1-19(2,3)26-18(25)23-12-9-20(10-13-23)8-5-11-24(20)14-15-6-4-7-16(22)17(15)21;1-5-8(3,4)7(9)10-6-2/h8,10-11H,7,9,13,15-20H2,1-6H3;4,6-7H,5,8-14H2,1-3H3;1H,6H2,2-4H3. The van der Waals surface area contributed by atoms with Gasteiger partial charge >= 0.3 is 24.1 Å². The van der Waals surface area contributed by atoms with Crippen LogP contribution in [0.2, 0.25) is 10.0 Å². The van der Waals surface area contributed by atoms with Crippen LogP contribution in [0.3, 0.4) is 0 Å². The first-order chi connectivity index (χ1) is 33.1. The van der Waals surface area contributed by atoms with Gasteiger partial charge in [0.15, 0.2) is 0 Å². The molecule has 4 aliphatic rings. The molecule has 0 saturated carbocycles. The van der Waals surface area contributed by atoms with Gasteiger partial charge in [-0.2, -0.15) is 0 Å². The van der Waals surface area contributed by atoms with E-state index < -0.39 is 22.0 Å². The van der Waals surface area contributed by atoms with Gasteiger partial charge in [0.2, 0.25) is 0 Å². The smallest absolute Gasteiger partial charge is 0.410 e. The zero-order valence-corrected chi connectivity index (χ0v) is 47.6. The second-order valence-electron chi connectivity index (χ2n) is 22.0. The largest absolute Gasteiger partial charge is 0.465 e. The van der Waals surface area contributed by atoms with E-state index in [1.165, 1.54) is 18.4 Å². The normalized spacial score (nSPS) is 17.9. The third-order valence-electron chi connectivity index (χ3n) is 13.5. The number of amides is 2. The second kappa shape index (κ2) is 25.3. The summed E-state index contributed by atoms with van der Waals surface area (Å²) in [5, 5.41) is 1.35. The maximum atomic E-state index is 12.5. The first kappa shape index (κ1) is 59.6. The number of esters is 2. The van der Waals surface area contributed by atoms with Crippen LogP contribution >= 0.6 is 39.1 Å². The molecule has 0 atom stereocenters. The van der Waals surface area contributed by atoms with Gasteiger partial charge in [0, 0.05) is 60.4 Å². The molecule has 2 amide bonds. The van der Waals surface area contributed by atoms with Gasteiger partial charge in [0.1, 0.15) is 22.0 Å². The number of hydrogen-bond donors (Lipinski definition) is 0. The Labute approximate surface area is 443 Å². The minimum Gasteiger partial charge on any atom is -0.465 e. The molecule has 0 bridgehead atoms. The second-order valence-corrected chi connectivity index (χ2v) is 23.6. The average molecular weight is 1090 g/mol. The molecule has 4 fully saturated rings. The van der Waals surface area contributed by atoms with E-state index in [9.17, 15) is 19.2 Å². The fourth-order valence-corrected chi connectivity index (χ4v) is 10.2. The van der Waals surface area contributed by atoms with Crippen molar-refractivity contribution in [2.45, 2.75) is 170 Å². The van der Waals surface area contributed by atoms with Crippen LogP contribution in [0.4, 0.5) is 9.59 Å². The summed E-state index contributed by atoms with van der Waals surface area (Å²) in [7, 11) is 0. The monoisotopic (exact) mass is 1080 g/mol. The van der Waals surface area contributed by atoms with E-state index in [4.69, 9.17) is 48.6 Å². The van der Waals surface area contributed by atoms with Crippen molar-refractivity contribution in [2.24, 2.45) is 10.8 Å². The summed E-state index contributed by atoms with van der Waals surface area (Å²) in [5.74, 6) is 7.96. The van der Waals surface area contributed by atoms with E-state index >= 15 is 0 Å². The van der Waals surface area contributed by atoms with Gasteiger partial charge in [0.05, 0.1) is 23.3 Å². The minimum atomic E-state index is -0.921. The molecular formula is C56H79BrCl2N4O8. The van der Waals surface area contributed by atoms with Crippen LogP contribution < -0.4 is 0 Å². The summed E-state index contributed by atoms with van der Waals surface area (Å²) >= 11 is 16.5. The summed E-state index contributed by atoms with van der Waals surface area (Å²) in [6.45, 7) is 29.2. The number of rotatable bonds is 8. The number of nitrogens with zero attached hydrogens (tertiary/aromatic N) is 4. The predicted molar refractivity (Wildman–Crippen MR) is 286 cm³/mol. The molecule has 392 valence electrons. The minimum absolute atomic E-state index is 0.0652. The molecule has 0 aromatic heterocycles. The Kier molecular flexibility index (Phi) is 21.2. The summed E-state index contributed by atoms with van der Waals surface area (Å²) < 4.78 is 22.0. The van der Waals surface area contributed by atoms with Crippen molar-refractivity contribution in [3.8, 4) is 24.2 Å². The first-order valence-corrected chi connectivity index (χ1v) is 26.7. The van der Waals surface area contributed by atoms with Crippen LogP contribution in [-0.2, 0) is 41.6 Å². The summed E-state index contributed by atoms with van der Waals surface area (Å²) in [4.78, 5) is 56.9. The van der Waals surface area contributed by atoms with Crippen molar-refractivity contribution in [3.63, 3.8) is 0 Å². The number of carbonyl (C=O) groups excluding carboxylic acids is 4. The van der Waals surface area contributed by atoms with E-state index in [0.717, 1.165) is 98.4 Å². The molecule has 2 aromatic carbocycles. The maximum absolute atomic E-state index is 12.5. The number of benzene rings is 2. The van der Waals surface area contributed by atoms with E-state index in [-0.39, 0.29) is 35.2 Å². The Morgan fingerprint density at radius 3 is 1.45 bits per heavy atom. The molecule has 15 heteroatoms. The highest BCUT2D eigenvalue weighted by atomic mass is 79.9. The highest BCUT2D eigenvalue weighted by Gasteiger charge is 2.46. The molecule has 0 unspecified atom stereocenters. The Morgan fingerprint density at radius 1 is 0.620 bits per heavy atom. The van der Waals surface area contributed by atoms with Crippen molar-refractivity contribution in [3.05, 3.63) is 67.6 Å². The van der Waals surface area contributed by atoms with Crippen molar-refractivity contribution in [2.75, 3.05) is 52.5 Å². The van der Waals surface area contributed by atoms with Crippen LogP contribution in [0.25, 0.3) is 0 Å². The van der Waals surface area contributed by atoms with Crippen molar-refractivity contribution in [1.82, 2.24) is 19.6 Å². The number of carbonyl (C=O) groups is 4. The van der Waals surface area contributed by atoms with Gasteiger partial charge in [-0.25, -0.2) is 9.59 Å². The number of piperidine rings is 2. The first-order valence-electron chi connectivity index (χ1n) is 25.1. The predicted octanol–water partition coefficient (Wildman–Crippen LogP) is 12.3. The lowest BCUT2D eigenvalue weighted by atomic mass is 9.84. The molecule has 12 nitrogen and oxygen atoms in total. The molecule has 0 N–H and O–H groups in total. The lowest BCUT2D eigenvalue weighted by molar-refractivity contribution is -0.151. The van der Waals surface area contributed by atoms with Crippen LogP contribution in [0.5, 0.6) is 0 Å². The molecule has 4 saturated heterocycles. The van der Waals surface area contributed by atoms with Crippen molar-refractivity contribution in [1.29, 1.82) is 0 Å². The van der Waals surface area contributed by atoms with Gasteiger partial charge in [-0.05, 0) is 187 Å². The number of ether oxygens (including phenoxy) is 4. The number of hydrogen-bond acceptors (Lipinski definition) is 10. The van der Waals surface area contributed by atoms with Gasteiger partial charge in [0.25, 0.3) is 0 Å². The number of terminal acetylenes is 1. The number of halogens is 3. The molecule has 2 spiro atoms. The highest BCUT2D eigenvalue weighted by molar-refractivity contribution is 9.10. The lowest BCUT2D eigenvalue weighted by Gasteiger charge is -2.45. The van der Waals surface area contributed by atoms with E-state index in [0.29, 0.717) is 31.3 Å². The molecule has 0 aliphatic carbocycles. The zero-order valence-electron chi connectivity index (χ0n) is 44.5. The fraction of sp³-hybridized carbons (Fsp3) is 0.643. The Hall–Kier alpha value is -3.98.